The predicted molar refractivity (Wildman–Crippen MR) is 78.8 cm³/mol. The van der Waals surface area contributed by atoms with Crippen molar-refractivity contribution in [2.75, 3.05) is 28.2 Å². The summed E-state index contributed by atoms with van der Waals surface area (Å²) in [6.45, 7) is 0. The lowest BCUT2D eigenvalue weighted by Crippen LogP contribution is -2.01. The Hall–Kier alpha value is -2.30. The Morgan fingerprint density at radius 1 is 1.00 bits per heavy atom. The monoisotopic (exact) mass is 258 g/mol. The summed E-state index contributed by atoms with van der Waals surface area (Å²) >= 11 is 0. The predicted octanol–water partition coefficient (Wildman–Crippen LogP) is 2.22. The lowest BCUT2D eigenvalue weighted by Gasteiger charge is -2.02. The fourth-order valence-electron chi connectivity index (χ4n) is 1.63. The highest BCUT2D eigenvalue weighted by Crippen LogP contribution is 2.21. The smallest absolute Gasteiger partial charge is 0.148 e. The van der Waals surface area contributed by atoms with E-state index in [4.69, 9.17) is 4.42 Å². The Kier molecular flexibility index (Phi) is 3.85. The fraction of sp³-hybridized carbons (Fsp3) is 0.286. The molecule has 0 spiro atoms. The number of furan rings is 1. The average Bonchev–Trinajstić information content (AvgIpc) is 2.77. The van der Waals surface area contributed by atoms with Gasteiger partial charge in [-0.05, 0) is 12.1 Å². The van der Waals surface area contributed by atoms with Crippen LogP contribution in [0.4, 0.5) is 0 Å². The molecule has 1 aromatic carbocycles. The van der Waals surface area contributed by atoms with Crippen LogP contribution in [0.15, 0.2) is 38.9 Å². The number of hydrazone groups is 2. The molecule has 0 radical (unpaired) electrons. The van der Waals surface area contributed by atoms with Crippen LogP contribution in [0, 0.1) is 0 Å². The van der Waals surface area contributed by atoms with Gasteiger partial charge in [0.25, 0.3) is 0 Å². The molecule has 5 heteroatoms. The molecule has 0 fully saturated rings. The minimum absolute atomic E-state index is 0.731. The zero-order valence-corrected chi connectivity index (χ0v) is 11.7. The molecule has 0 aliphatic carbocycles. The highest BCUT2D eigenvalue weighted by atomic mass is 16.3. The maximum absolute atomic E-state index is 5.71. The molecule has 100 valence electrons. The van der Waals surface area contributed by atoms with Crippen LogP contribution < -0.4 is 0 Å². The van der Waals surface area contributed by atoms with E-state index in [1.807, 2.05) is 58.7 Å². The van der Waals surface area contributed by atoms with Gasteiger partial charge in [0, 0.05) is 39.1 Å². The van der Waals surface area contributed by atoms with Crippen LogP contribution in [0.5, 0.6) is 0 Å². The van der Waals surface area contributed by atoms with Gasteiger partial charge in [-0.15, -0.1) is 0 Å². The summed E-state index contributed by atoms with van der Waals surface area (Å²) in [5.41, 5.74) is 1.86. The SMILES string of the molecule is CN(C)/N=C\c1cc2c(/C=N\N(C)C)cccc2o1. The van der Waals surface area contributed by atoms with Gasteiger partial charge >= 0.3 is 0 Å². The Bertz CT molecular complexity index is 611. The Morgan fingerprint density at radius 2 is 1.68 bits per heavy atom. The lowest BCUT2D eigenvalue weighted by molar-refractivity contribution is 0.438. The number of rotatable bonds is 4. The van der Waals surface area contributed by atoms with E-state index in [2.05, 4.69) is 10.2 Å². The zero-order chi connectivity index (χ0) is 13.8. The van der Waals surface area contributed by atoms with Crippen molar-refractivity contribution in [2.45, 2.75) is 0 Å². The van der Waals surface area contributed by atoms with Crippen molar-refractivity contribution in [1.29, 1.82) is 0 Å². The van der Waals surface area contributed by atoms with Gasteiger partial charge in [-0.1, -0.05) is 12.1 Å². The largest absolute Gasteiger partial charge is 0.455 e. The number of fused-ring (bicyclic) bond motifs is 1. The summed E-state index contributed by atoms with van der Waals surface area (Å²) in [4.78, 5) is 0. The van der Waals surface area contributed by atoms with Crippen molar-refractivity contribution in [3.8, 4) is 0 Å². The summed E-state index contributed by atoms with van der Waals surface area (Å²) < 4.78 is 5.71. The summed E-state index contributed by atoms with van der Waals surface area (Å²) in [5.74, 6) is 0.731. The van der Waals surface area contributed by atoms with Crippen molar-refractivity contribution >= 4 is 23.4 Å². The van der Waals surface area contributed by atoms with Gasteiger partial charge < -0.3 is 14.4 Å². The summed E-state index contributed by atoms with van der Waals surface area (Å²) in [6, 6.07) is 7.88. The van der Waals surface area contributed by atoms with Crippen molar-refractivity contribution < 1.29 is 4.42 Å². The topological polar surface area (TPSA) is 44.3 Å². The molecule has 5 nitrogen and oxygen atoms in total. The molecule has 0 saturated carbocycles. The first-order chi connectivity index (χ1) is 9.06. The molecule has 0 N–H and O–H groups in total. The maximum atomic E-state index is 5.71. The molecule has 2 rings (SSSR count). The molecule has 1 aromatic heterocycles. The molecule has 0 aliphatic rings. The van der Waals surface area contributed by atoms with Gasteiger partial charge in [0.05, 0.1) is 12.4 Å². The standard InChI is InChI=1S/C14H18N4O/c1-17(2)15-9-11-6-5-7-14-13(11)8-12(19-14)10-16-18(3)4/h5-10H,1-4H3/b15-9-,16-10-. The molecule has 0 bridgehead atoms. The van der Waals surface area contributed by atoms with Crippen LogP contribution in [0.2, 0.25) is 0 Å². The molecular weight excluding hydrogens is 240 g/mol. The summed E-state index contributed by atoms with van der Waals surface area (Å²) in [7, 11) is 7.52. The van der Waals surface area contributed by atoms with Gasteiger partial charge in [0.1, 0.15) is 11.3 Å². The van der Waals surface area contributed by atoms with E-state index in [9.17, 15) is 0 Å². The van der Waals surface area contributed by atoms with Crippen LogP contribution in [-0.2, 0) is 0 Å². The van der Waals surface area contributed by atoms with Gasteiger partial charge in [-0.3, -0.25) is 0 Å². The first-order valence-corrected chi connectivity index (χ1v) is 6.01. The third-order valence-corrected chi connectivity index (χ3v) is 2.46. The van der Waals surface area contributed by atoms with Crippen LogP contribution in [0.3, 0.4) is 0 Å². The number of hydrogen-bond donors (Lipinski definition) is 0. The van der Waals surface area contributed by atoms with Crippen LogP contribution in [-0.4, -0.2) is 50.6 Å². The first kappa shape index (κ1) is 13.1. The number of benzene rings is 1. The third kappa shape index (κ3) is 3.34. The molecule has 0 saturated heterocycles. The van der Waals surface area contributed by atoms with Crippen LogP contribution >= 0.6 is 0 Å². The molecule has 2 aromatic rings. The highest BCUT2D eigenvalue weighted by Gasteiger charge is 2.05. The van der Waals surface area contributed by atoms with Gasteiger partial charge in [0.15, 0.2) is 0 Å². The van der Waals surface area contributed by atoms with Gasteiger partial charge in [0.2, 0.25) is 0 Å². The van der Waals surface area contributed by atoms with E-state index >= 15 is 0 Å². The molecule has 0 atom stereocenters. The van der Waals surface area contributed by atoms with Crippen molar-refractivity contribution in [2.24, 2.45) is 10.2 Å². The van der Waals surface area contributed by atoms with Crippen LogP contribution in [0.1, 0.15) is 11.3 Å². The van der Waals surface area contributed by atoms with Crippen LogP contribution in [0.25, 0.3) is 11.0 Å². The molecule has 0 unspecified atom stereocenters. The molecule has 1 heterocycles. The summed E-state index contributed by atoms with van der Waals surface area (Å²) in [6.07, 6.45) is 3.53. The molecule has 19 heavy (non-hydrogen) atoms. The molecule has 0 aliphatic heterocycles. The van der Waals surface area contributed by atoms with Gasteiger partial charge in [-0.25, -0.2) is 0 Å². The van der Waals surface area contributed by atoms with Crippen molar-refractivity contribution in [3.63, 3.8) is 0 Å². The van der Waals surface area contributed by atoms with E-state index in [1.165, 1.54) is 0 Å². The summed E-state index contributed by atoms with van der Waals surface area (Å²) in [5, 5.41) is 12.9. The Balaban J connectivity index is 2.39. The van der Waals surface area contributed by atoms with Crippen molar-refractivity contribution in [1.82, 2.24) is 10.0 Å². The average molecular weight is 258 g/mol. The fourth-order valence-corrected chi connectivity index (χ4v) is 1.63. The Morgan fingerprint density at radius 3 is 2.37 bits per heavy atom. The molecular formula is C14H18N4O. The lowest BCUT2D eigenvalue weighted by atomic mass is 10.1. The normalized spacial score (nSPS) is 11.8. The second-order valence-corrected chi connectivity index (χ2v) is 4.59. The molecule has 0 amide bonds. The zero-order valence-electron chi connectivity index (χ0n) is 11.7. The van der Waals surface area contributed by atoms with E-state index in [-0.39, 0.29) is 0 Å². The van der Waals surface area contributed by atoms with E-state index < -0.39 is 0 Å². The minimum Gasteiger partial charge on any atom is -0.455 e. The Labute approximate surface area is 112 Å². The number of nitrogens with zero attached hydrogens (tertiary/aromatic N) is 4. The third-order valence-electron chi connectivity index (χ3n) is 2.46. The first-order valence-electron chi connectivity index (χ1n) is 6.01. The van der Waals surface area contributed by atoms with E-state index in [0.717, 1.165) is 22.3 Å². The second-order valence-electron chi connectivity index (χ2n) is 4.59. The van der Waals surface area contributed by atoms with E-state index in [1.54, 1.807) is 16.2 Å². The minimum atomic E-state index is 0.731. The van der Waals surface area contributed by atoms with E-state index in [0.29, 0.717) is 0 Å². The van der Waals surface area contributed by atoms with Gasteiger partial charge in [-0.2, -0.15) is 10.2 Å². The second kappa shape index (κ2) is 5.56. The quantitative estimate of drug-likeness (QED) is 0.624. The van der Waals surface area contributed by atoms with Crippen molar-refractivity contribution in [3.05, 3.63) is 35.6 Å². The maximum Gasteiger partial charge on any atom is 0.148 e. The highest BCUT2D eigenvalue weighted by molar-refractivity contribution is 6.00. The number of hydrogen-bond acceptors (Lipinski definition) is 5.